The molecule has 0 fully saturated rings. The zero-order chi connectivity index (χ0) is 24.8. The van der Waals surface area contributed by atoms with Gasteiger partial charge in [0.25, 0.3) is 0 Å². The third-order valence-electron chi connectivity index (χ3n) is 5.40. The molecule has 0 saturated heterocycles. The van der Waals surface area contributed by atoms with Crippen LogP contribution in [0.5, 0.6) is 0 Å². The van der Waals surface area contributed by atoms with E-state index in [1.54, 1.807) is 24.9 Å². The average Bonchev–Trinajstić information content (AvgIpc) is 3.54. The molecule has 182 valence electrons. The highest BCUT2D eigenvalue weighted by Crippen LogP contribution is 2.34. The normalized spacial score (nSPS) is 11.5. The summed E-state index contributed by atoms with van der Waals surface area (Å²) in [6, 6.07) is 8.15. The molecule has 0 aliphatic rings. The second-order valence-electron chi connectivity index (χ2n) is 8.45. The summed E-state index contributed by atoms with van der Waals surface area (Å²) in [7, 11) is 0. The minimum Gasteiger partial charge on any atom is -0.480 e. The van der Waals surface area contributed by atoms with E-state index < -0.39 is 10.7 Å². The molecule has 3 heterocycles. The van der Waals surface area contributed by atoms with Crippen LogP contribution in [-0.4, -0.2) is 52.1 Å². The van der Waals surface area contributed by atoms with Gasteiger partial charge in [-0.05, 0) is 43.5 Å². The molecule has 0 atom stereocenters. The van der Waals surface area contributed by atoms with Gasteiger partial charge in [-0.2, -0.15) is 5.10 Å². The molecular weight excluding hydrogens is 482 g/mol. The molecule has 0 aliphatic carbocycles. The lowest BCUT2D eigenvalue weighted by atomic mass is 10.2. The van der Waals surface area contributed by atoms with E-state index in [2.05, 4.69) is 49.0 Å². The number of anilines is 1. The summed E-state index contributed by atoms with van der Waals surface area (Å²) >= 11 is 2.75. The van der Waals surface area contributed by atoms with Gasteiger partial charge in [0.1, 0.15) is 17.4 Å². The van der Waals surface area contributed by atoms with Crippen molar-refractivity contribution in [3.63, 3.8) is 0 Å². The molecule has 9 nitrogen and oxygen atoms in total. The number of hydrogen-bond acceptors (Lipinski definition) is 9. The Balaban J connectivity index is 1.48. The first-order chi connectivity index (χ1) is 16.8. The molecule has 0 radical (unpaired) electrons. The maximum atomic E-state index is 11.4. The molecule has 11 heteroatoms. The third-order valence-corrected chi connectivity index (χ3v) is 7.57. The van der Waals surface area contributed by atoms with Gasteiger partial charge in [0, 0.05) is 37.3 Å². The minimum absolute atomic E-state index is 0.640. The lowest BCUT2D eigenvalue weighted by Crippen LogP contribution is -2.27. The molecule has 0 saturated carbocycles. The van der Waals surface area contributed by atoms with E-state index in [0.29, 0.717) is 25.5 Å². The zero-order valence-corrected chi connectivity index (χ0v) is 21.5. The number of nitrogens with zero attached hydrogens (tertiary/aromatic N) is 7. The van der Waals surface area contributed by atoms with Gasteiger partial charge in [0.05, 0.1) is 11.4 Å². The van der Waals surface area contributed by atoms with Gasteiger partial charge in [0.2, 0.25) is 5.95 Å². The second-order valence-corrected chi connectivity index (χ2v) is 11.2. The quantitative estimate of drug-likeness (QED) is 0.296. The smallest absolute Gasteiger partial charge is 0.319 e. The van der Waals surface area contributed by atoms with Crippen molar-refractivity contribution in [2.24, 2.45) is 0 Å². The Morgan fingerprint density at radius 3 is 2.54 bits per heavy atom. The third kappa shape index (κ3) is 6.43. The summed E-state index contributed by atoms with van der Waals surface area (Å²) in [5, 5.41) is 15.6. The van der Waals surface area contributed by atoms with Crippen LogP contribution in [0, 0.1) is 0 Å². The molecular formula is C24H27N7O2S2. The molecule has 4 rings (SSSR count). The standard InChI is InChI=1S/C24H27N7O2S2/c1-4-17-11-26-22(27-12-17)30(13-18-5-7-20(8-6-18)31-16-25-15-28-31)10-9-19-14-34-23(29-19)35-24(2,3)21(32)33/h5-8,11-12,14-16H,4,9-10,13H2,1-3H3,(H,32,33). The summed E-state index contributed by atoms with van der Waals surface area (Å²) in [6.45, 7) is 6.77. The molecule has 3 aromatic heterocycles. The maximum Gasteiger partial charge on any atom is 0.319 e. The van der Waals surface area contributed by atoms with Crippen molar-refractivity contribution in [3.8, 4) is 5.69 Å². The summed E-state index contributed by atoms with van der Waals surface area (Å²) < 4.78 is 1.55. The molecule has 0 unspecified atom stereocenters. The fourth-order valence-corrected chi connectivity index (χ4v) is 5.45. The first-order valence-electron chi connectivity index (χ1n) is 11.2. The van der Waals surface area contributed by atoms with Crippen LogP contribution in [0.15, 0.2) is 59.0 Å². The Labute approximate surface area is 212 Å². The van der Waals surface area contributed by atoms with E-state index in [0.717, 1.165) is 33.3 Å². The van der Waals surface area contributed by atoms with Crippen LogP contribution in [-0.2, 0) is 24.2 Å². The Hall–Kier alpha value is -3.31. The van der Waals surface area contributed by atoms with Crippen molar-refractivity contribution in [3.05, 3.63) is 71.5 Å². The van der Waals surface area contributed by atoms with Gasteiger partial charge in [-0.25, -0.2) is 24.6 Å². The fourth-order valence-electron chi connectivity index (χ4n) is 3.22. The summed E-state index contributed by atoms with van der Waals surface area (Å²) in [4.78, 5) is 31.4. The Morgan fingerprint density at radius 2 is 1.91 bits per heavy atom. The summed E-state index contributed by atoms with van der Waals surface area (Å²) in [6.07, 6.45) is 8.50. The van der Waals surface area contributed by atoms with Crippen LogP contribution >= 0.6 is 23.1 Å². The number of thioether (sulfide) groups is 1. The number of carbonyl (C=O) groups is 1. The van der Waals surface area contributed by atoms with E-state index in [9.17, 15) is 9.90 Å². The van der Waals surface area contributed by atoms with E-state index in [-0.39, 0.29) is 0 Å². The lowest BCUT2D eigenvalue weighted by Gasteiger charge is -2.22. The van der Waals surface area contributed by atoms with Crippen LogP contribution in [0.3, 0.4) is 0 Å². The summed E-state index contributed by atoms with van der Waals surface area (Å²) in [5.41, 5.74) is 4.08. The topological polar surface area (TPSA) is 110 Å². The number of rotatable bonds is 11. The predicted molar refractivity (Wildman–Crippen MR) is 137 cm³/mol. The highest BCUT2D eigenvalue weighted by atomic mass is 32.2. The Morgan fingerprint density at radius 1 is 1.17 bits per heavy atom. The van der Waals surface area contributed by atoms with Gasteiger partial charge in [-0.15, -0.1) is 11.3 Å². The van der Waals surface area contributed by atoms with Crippen LogP contribution < -0.4 is 4.90 Å². The van der Waals surface area contributed by atoms with Gasteiger partial charge in [-0.1, -0.05) is 30.8 Å². The van der Waals surface area contributed by atoms with E-state index in [1.165, 1.54) is 29.4 Å². The van der Waals surface area contributed by atoms with Crippen molar-refractivity contribution >= 4 is 35.0 Å². The average molecular weight is 510 g/mol. The van der Waals surface area contributed by atoms with Crippen molar-refractivity contribution < 1.29 is 9.90 Å². The Kier molecular flexibility index (Phi) is 7.76. The predicted octanol–water partition coefficient (Wildman–Crippen LogP) is 4.28. The number of aryl methyl sites for hydroxylation is 1. The van der Waals surface area contributed by atoms with Gasteiger partial charge < -0.3 is 10.0 Å². The van der Waals surface area contributed by atoms with Crippen molar-refractivity contribution in [1.82, 2.24) is 29.7 Å². The number of hydrogen-bond donors (Lipinski definition) is 1. The Bertz CT molecular complexity index is 1240. The molecule has 1 N–H and O–H groups in total. The number of aromatic nitrogens is 6. The SMILES string of the molecule is CCc1cnc(N(CCc2csc(SC(C)(C)C(=O)O)n2)Cc2ccc(-n3cncn3)cc2)nc1. The maximum absolute atomic E-state index is 11.4. The van der Waals surface area contributed by atoms with E-state index in [4.69, 9.17) is 0 Å². The number of thiazole rings is 1. The van der Waals surface area contributed by atoms with Gasteiger partial charge >= 0.3 is 5.97 Å². The fraction of sp³-hybridized carbons (Fsp3) is 0.333. The van der Waals surface area contributed by atoms with Crippen LogP contribution in [0.25, 0.3) is 5.69 Å². The highest BCUT2D eigenvalue weighted by Gasteiger charge is 2.29. The van der Waals surface area contributed by atoms with Crippen molar-refractivity contribution in [1.29, 1.82) is 0 Å². The first-order valence-corrected chi connectivity index (χ1v) is 12.9. The van der Waals surface area contributed by atoms with Crippen LogP contribution in [0.4, 0.5) is 5.95 Å². The zero-order valence-electron chi connectivity index (χ0n) is 19.8. The van der Waals surface area contributed by atoms with Crippen LogP contribution in [0.2, 0.25) is 0 Å². The van der Waals surface area contributed by atoms with Crippen LogP contribution in [0.1, 0.15) is 37.6 Å². The largest absolute Gasteiger partial charge is 0.480 e. The molecule has 35 heavy (non-hydrogen) atoms. The minimum atomic E-state index is -0.922. The second kappa shape index (κ2) is 11.0. The van der Waals surface area contributed by atoms with Gasteiger partial charge in [0.15, 0.2) is 4.34 Å². The van der Waals surface area contributed by atoms with E-state index >= 15 is 0 Å². The molecule has 4 aromatic rings. The molecule has 0 aliphatic heterocycles. The number of carboxylic acid groups (broad SMARTS) is 1. The number of benzene rings is 1. The summed E-state index contributed by atoms with van der Waals surface area (Å²) in [5.74, 6) is -0.188. The molecule has 0 amide bonds. The molecule has 1 aromatic carbocycles. The highest BCUT2D eigenvalue weighted by molar-refractivity contribution is 8.03. The monoisotopic (exact) mass is 509 g/mol. The van der Waals surface area contributed by atoms with Crippen molar-refractivity contribution in [2.75, 3.05) is 11.4 Å². The number of aliphatic carboxylic acids is 1. The molecule has 0 spiro atoms. The van der Waals surface area contributed by atoms with Gasteiger partial charge in [-0.3, -0.25) is 4.79 Å². The lowest BCUT2D eigenvalue weighted by molar-refractivity contribution is -0.138. The molecule has 0 bridgehead atoms. The van der Waals surface area contributed by atoms with Crippen molar-refractivity contribution in [2.45, 2.75) is 49.2 Å². The first kappa shape index (κ1) is 24.8. The van der Waals surface area contributed by atoms with E-state index in [1.807, 2.05) is 29.9 Å². The number of carboxylic acids is 1.